The summed E-state index contributed by atoms with van der Waals surface area (Å²) in [6.07, 6.45) is 4.81. The number of carbonyl (C=O) groups is 2. The summed E-state index contributed by atoms with van der Waals surface area (Å²) in [7, 11) is 0. The van der Waals surface area contributed by atoms with Crippen molar-refractivity contribution >= 4 is 23.2 Å². The Morgan fingerprint density at radius 1 is 1.22 bits per heavy atom. The van der Waals surface area contributed by atoms with Crippen molar-refractivity contribution in [2.45, 2.75) is 12.8 Å². The quantitative estimate of drug-likeness (QED) is 0.554. The third-order valence-electron chi connectivity index (χ3n) is 3.34. The Morgan fingerprint density at radius 3 is 2.78 bits per heavy atom. The number of H-pyrrole nitrogens is 1. The van der Waals surface area contributed by atoms with Crippen LogP contribution in [0.15, 0.2) is 47.5 Å². The molecular weight excluding hydrogens is 318 g/mol. The number of carbonyl (C=O) groups excluding carboxylic acids is 2. The third kappa shape index (κ3) is 3.54. The number of rotatable bonds is 6. The van der Waals surface area contributed by atoms with Crippen molar-refractivity contribution in [1.29, 1.82) is 0 Å². The first-order chi connectivity index (χ1) is 11.1. The van der Waals surface area contributed by atoms with Gasteiger partial charge in [-0.15, -0.1) is 5.10 Å². The van der Waals surface area contributed by atoms with E-state index in [1.165, 1.54) is 12.6 Å². The molecule has 6 nitrogen and oxygen atoms in total. The van der Waals surface area contributed by atoms with Crippen molar-refractivity contribution in [2.24, 2.45) is 0 Å². The average Bonchev–Trinajstić information content (AvgIpc) is 3.19. The Balaban J connectivity index is 1.73. The second kappa shape index (κ2) is 6.58. The molecule has 0 fully saturated rings. The minimum atomic E-state index is -0.721. The molecule has 0 spiro atoms. The molecule has 0 aliphatic rings. The lowest BCUT2D eigenvalue weighted by molar-refractivity contribution is -0.114. The van der Waals surface area contributed by atoms with E-state index in [2.05, 4.69) is 15.2 Å². The van der Waals surface area contributed by atoms with Gasteiger partial charge in [-0.25, -0.2) is 4.98 Å². The highest BCUT2D eigenvalue weighted by molar-refractivity contribution is 6.43. The van der Waals surface area contributed by atoms with E-state index in [1.807, 2.05) is 18.2 Å². The van der Waals surface area contributed by atoms with Gasteiger partial charge in [0.15, 0.2) is 0 Å². The maximum atomic E-state index is 12.1. The number of hydrogen-bond acceptors (Lipinski definition) is 5. The fourth-order valence-corrected chi connectivity index (χ4v) is 2.44. The number of hydrogen-bond donors (Lipinski definition) is 1. The summed E-state index contributed by atoms with van der Waals surface area (Å²) in [6.45, 7) is 0. The zero-order chi connectivity index (χ0) is 16.2. The monoisotopic (exact) mass is 329 g/mol. The highest BCUT2D eigenvalue weighted by Crippen LogP contribution is 2.19. The minimum absolute atomic E-state index is 0.0558. The summed E-state index contributed by atoms with van der Waals surface area (Å²) < 4.78 is 5.19. The Labute approximate surface area is 136 Å². The first-order valence-electron chi connectivity index (χ1n) is 6.85. The van der Waals surface area contributed by atoms with Gasteiger partial charge in [0.25, 0.3) is 5.78 Å². The zero-order valence-electron chi connectivity index (χ0n) is 12.0. The van der Waals surface area contributed by atoms with Crippen LogP contribution in [-0.2, 0) is 17.6 Å². The van der Waals surface area contributed by atoms with Crippen molar-refractivity contribution in [2.75, 3.05) is 0 Å². The van der Waals surface area contributed by atoms with Gasteiger partial charge in [-0.1, -0.05) is 23.7 Å². The Morgan fingerprint density at radius 2 is 2.04 bits per heavy atom. The van der Waals surface area contributed by atoms with E-state index in [-0.39, 0.29) is 12.2 Å². The molecule has 2 heterocycles. The van der Waals surface area contributed by atoms with Gasteiger partial charge < -0.3 is 4.42 Å². The van der Waals surface area contributed by atoms with Crippen LogP contribution in [0.4, 0.5) is 0 Å². The van der Waals surface area contributed by atoms with Crippen molar-refractivity contribution in [3.63, 3.8) is 0 Å². The normalized spacial score (nSPS) is 10.7. The fourth-order valence-electron chi connectivity index (χ4n) is 2.22. The molecule has 0 unspecified atom stereocenters. The first-order valence-corrected chi connectivity index (χ1v) is 7.23. The van der Waals surface area contributed by atoms with Gasteiger partial charge in [0.1, 0.15) is 6.33 Å². The zero-order valence-corrected chi connectivity index (χ0v) is 12.7. The topological polar surface area (TPSA) is 88.9 Å². The van der Waals surface area contributed by atoms with Crippen molar-refractivity contribution < 1.29 is 14.0 Å². The van der Waals surface area contributed by atoms with Crippen LogP contribution >= 0.6 is 11.6 Å². The van der Waals surface area contributed by atoms with E-state index in [0.29, 0.717) is 17.0 Å². The van der Waals surface area contributed by atoms with Crippen LogP contribution in [0.2, 0.25) is 5.02 Å². The van der Waals surface area contributed by atoms with Crippen LogP contribution in [0.5, 0.6) is 0 Å². The predicted molar refractivity (Wildman–Crippen MR) is 82.4 cm³/mol. The van der Waals surface area contributed by atoms with E-state index >= 15 is 0 Å². The van der Waals surface area contributed by atoms with Crippen LogP contribution in [0, 0.1) is 0 Å². The molecule has 0 saturated heterocycles. The molecule has 0 aliphatic heterocycles. The summed E-state index contributed by atoms with van der Waals surface area (Å²) in [5.74, 6) is -1.44. The second-order valence-electron chi connectivity index (χ2n) is 4.98. The van der Waals surface area contributed by atoms with Crippen LogP contribution in [0.3, 0.4) is 0 Å². The SMILES string of the molecule is O=C(Cc1cocc1Cc1cccc(Cl)c1)C(=O)c1nc[nH]n1. The average molecular weight is 330 g/mol. The number of halogens is 1. The van der Waals surface area contributed by atoms with Gasteiger partial charge in [-0.3, -0.25) is 14.7 Å². The number of aromatic nitrogens is 3. The van der Waals surface area contributed by atoms with Gasteiger partial charge >= 0.3 is 0 Å². The molecule has 3 rings (SSSR count). The molecule has 0 bridgehead atoms. The predicted octanol–water partition coefficient (Wildman–Crippen LogP) is 2.64. The smallest absolute Gasteiger partial charge is 0.267 e. The number of benzene rings is 1. The number of nitrogens with zero attached hydrogens (tertiary/aromatic N) is 2. The first kappa shape index (κ1) is 15.2. The maximum Gasteiger partial charge on any atom is 0.267 e. The van der Waals surface area contributed by atoms with Gasteiger partial charge in [0.05, 0.1) is 12.5 Å². The standard InChI is InChI=1S/C16H12ClN3O3/c17-13-3-1-2-10(5-13)4-11-7-23-8-12(11)6-14(21)15(22)16-18-9-19-20-16/h1-3,5,7-9H,4,6H2,(H,18,19,20). The van der Waals surface area contributed by atoms with E-state index < -0.39 is 11.6 Å². The van der Waals surface area contributed by atoms with Crippen LogP contribution in [0.1, 0.15) is 27.3 Å². The molecule has 1 aromatic carbocycles. The number of Topliss-reactive ketones (excluding diaryl/α,β-unsaturated/α-hetero) is 2. The van der Waals surface area contributed by atoms with E-state index in [4.69, 9.17) is 16.0 Å². The van der Waals surface area contributed by atoms with E-state index in [1.54, 1.807) is 12.3 Å². The summed E-state index contributed by atoms with van der Waals surface area (Å²) >= 11 is 5.97. The van der Waals surface area contributed by atoms with E-state index in [0.717, 1.165) is 11.1 Å². The van der Waals surface area contributed by atoms with Gasteiger partial charge in [-0.05, 0) is 23.3 Å². The highest BCUT2D eigenvalue weighted by atomic mass is 35.5. The lowest BCUT2D eigenvalue weighted by atomic mass is 10.00. The maximum absolute atomic E-state index is 12.1. The summed E-state index contributed by atoms with van der Waals surface area (Å²) in [5.41, 5.74) is 2.50. The third-order valence-corrected chi connectivity index (χ3v) is 3.57. The molecule has 0 saturated carbocycles. The van der Waals surface area contributed by atoms with Crippen molar-refractivity contribution in [1.82, 2.24) is 15.2 Å². The van der Waals surface area contributed by atoms with Crippen LogP contribution < -0.4 is 0 Å². The van der Waals surface area contributed by atoms with Gasteiger partial charge in [0, 0.05) is 23.4 Å². The Kier molecular flexibility index (Phi) is 4.34. The molecule has 0 amide bonds. The van der Waals surface area contributed by atoms with Gasteiger partial charge in [0.2, 0.25) is 11.6 Å². The summed E-state index contributed by atoms with van der Waals surface area (Å²) in [5, 5.41) is 6.67. The molecule has 0 atom stereocenters. The van der Waals surface area contributed by atoms with Crippen LogP contribution in [-0.4, -0.2) is 26.7 Å². The Bertz CT molecular complexity index is 840. The lowest BCUT2D eigenvalue weighted by Crippen LogP contribution is -2.18. The molecule has 2 aromatic heterocycles. The molecule has 23 heavy (non-hydrogen) atoms. The summed E-state index contributed by atoms with van der Waals surface area (Å²) in [6, 6.07) is 7.43. The molecule has 1 N–H and O–H groups in total. The molecule has 3 aromatic rings. The van der Waals surface area contributed by atoms with Crippen molar-refractivity contribution in [3.8, 4) is 0 Å². The molecule has 7 heteroatoms. The molecular formula is C16H12ClN3O3. The number of nitrogens with one attached hydrogen (secondary N) is 1. The number of ketones is 2. The highest BCUT2D eigenvalue weighted by Gasteiger charge is 2.21. The van der Waals surface area contributed by atoms with Crippen LogP contribution in [0.25, 0.3) is 0 Å². The number of aromatic amines is 1. The minimum Gasteiger partial charge on any atom is -0.472 e. The molecule has 116 valence electrons. The number of furan rings is 1. The lowest BCUT2D eigenvalue weighted by Gasteiger charge is -2.03. The Hall–Kier alpha value is -2.73. The van der Waals surface area contributed by atoms with E-state index in [9.17, 15) is 9.59 Å². The largest absolute Gasteiger partial charge is 0.472 e. The molecule has 0 aliphatic carbocycles. The van der Waals surface area contributed by atoms with Gasteiger partial charge in [-0.2, -0.15) is 0 Å². The molecule has 0 radical (unpaired) electrons. The fraction of sp³-hybridized carbons (Fsp3) is 0.125. The van der Waals surface area contributed by atoms with Crippen molar-refractivity contribution in [3.05, 3.63) is 70.7 Å². The second-order valence-corrected chi connectivity index (χ2v) is 5.42. The summed E-state index contributed by atoms with van der Waals surface area (Å²) in [4.78, 5) is 27.7.